The number of hydrogen-bond acceptors (Lipinski definition) is 3. The summed E-state index contributed by atoms with van der Waals surface area (Å²) in [6, 6.07) is 7.02. The zero-order chi connectivity index (χ0) is 13.1. The second kappa shape index (κ2) is 5.22. The maximum absolute atomic E-state index is 11.3. The minimum atomic E-state index is -0.476. The van der Waals surface area contributed by atoms with E-state index in [2.05, 4.69) is 21.0 Å². The van der Waals surface area contributed by atoms with Gasteiger partial charge in [-0.15, -0.1) is 5.10 Å². The zero-order valence-corrected chi connectivity index (χ0v) is 11.3. The van der Waals surface area contributed by atoms with Gasteiger partial charge in [-0.25, -0.2) is 0 Å². The number of nitrogens with two attached hydrogens (primary N) is 1. The summed E-state index contributed by atoms with van der Waals surface area (Å²) in [7, 11) is 1.81. The number of hydrogen-bond donors (Lipinski definition) is 1. The lowest BCUT2D eigenvalue weighted by Gasteiger charge is -2.09. The number of carbonyl (C=O) groups excluding carboxylic acids is 1. The Labute approximate surface area is 113 Å². The van der Waals surface area contributed by atoms with E-state index in [4.69, 9.17) is 10.5 Å². The lowest BCUT2D eigenvalue weighted by molar-refractivity contribution is 0.0997. The van der Waals surface area contributed by atoms with E-state index in [0.29, 0.717) is 11.4 Å². The second-order valence-corrected chi connectivity index (χ2v) is 4.60. The Morgan fingerprint density at radius 2 is 2.28 bits per heavy atom. The minimum absolute atomic E-state index is 0.233. The Kier molecular flexibility index (Phi) is 3.66. The molecule has 2 aromatic rings. The van der Waals surface area contributed by atoms with Gasteiger partial charge in [0.05, 0.1) is 0 Å². The van der Waals surface area contributed by atoms with Crippen LogP contribution in [0.2, 0.25) is 0 Å². The summed E-state index contributed by atoms with van der Waals surface area (Å²) in [6.45, 7) is 0.233. The molecule has 0 spiro atoms. The average Bonchev–Trinajstić information content (AvgIpc) is 2.73. The highest BCUT2D eigenvalue weighted by Crippen LogP contribution is 2.22. The lowest BCUT2D eigenvalue weighted by atomic mass is 10.1. The fourth-order valence-electron chi connectivity index (χ4n) is 1.55. The number of aryl methyl sites for hydroxylation is 1. The van der Waals surface area contributed by atoms with E-state index >= 15 is 0 Å². The van der Waals surface area contributed by atoms with Gasteiger partial charge >= 0.3 is 0 Å². The van der Waals surface area contributed by atoms with Crippen molar-refractivity contribution in [1.82, 2.24) is 9.78 Å². The molecule has 0 radical (unpaired) electrons. The minimum Gasteiger partial charge on any atom is -0.472 e. The molecule has 1 aromatic carbocycles. The van der Waals surface area contributed by atoms with Crippen LogP contribution in [0.25, 0.3) is 0 Å². The smallest absolute Gasteiger partial charge is 0.249 e. The summed E-state index contributed by atoms with van der Waals surface area (Å²) in [5.41, 5.74) is 6.48. The highest BCUT2D eigenvalue weighted by atomic mass is 79.9. The van der Waals surface area contributed by atoms with E-state index in [-0.39, 0.29) is 6.61 Å². The van der Waals surface area contributed by atoms with Crippen molar-refractivity contribution in [3.63, 3.8) is 0 Å². The summed E-state index contributed by atoms with van der Waals surface area (Å²) < 4.78 is 7.94. The van der Waals surface area contributed by atoms with E-state index in [9.17, 15) is 4.79 Å². The third-order valence-electron chi connectivity index (χ3n) is 2.44. The number of carbonyl (C=O) groups is 1. The molecule has 0 aliphatic carbocycles. The molecule has 0 fully saturated rings. The van der Waals surface area contributed by atoms with Crippen LogP contribution in [-0.2, 0) is 13.7 Å². The highest BCUT2D eigenvalue weighted by molar-refractivity contribution is 9.10. The molecule has 1 aromatic heterocycles. The molecule has 2 N–H and O–H groups in total. The fraction of sp³-hybridized carbons (Fsp3) is 0.167. The summed E-state index contributed by atoms with van der Waals surface area (Å²) >= 11 is 3.38. The van der Waals surface area contributed by atoms with Crippen molar-refractivity contribution < 1.29 is 9.53 Å². The third-order valence-corrected chi connectivity index (χ3v) is 3.18. The number of amides is 1. The maximum atomic E-state index is 11.3. The topological polar surface area (TPSA) is 70.1 Å². The lowest BCUT2D eigenvalue weighted by Crippen LogP contribution is -2.15. The van der Waals surface area contributed by atoms with Crippen LogP contribution in [0.15, 0.2) is 34.9 Å². The zero-order valence-electron chi connectivity index (χ0n) is 9.76. The van der Waals surface area contributed by atoms with Crippen molar-refractivity contribution in [3.8, 4) is 5.88 Å². The van der Waals surface area contributed by atoms with E-state index < -0.39 is 5.91 Å². The molecule has 6 heteroatoms. The van der Waals surface area contributed by atoms with Gasteiger partial charge < -0.3 is 10.5 Å². The van der Waals surface area contributed by atoms with Crippen LogP contribution in [-0.4, -0.2) is 15.7 Å². The number of halogens is 1. The first-order chi connectivity index (χ1) is 8.58. The van der Waals surface area contributed by atoms with E-state index in [0.717, 1.165) is 10.0 Å². The van der Waals surface area contributed by atoms with Crippen LogP contribution in [0.3, 0.4) is 0 Å². The van der Waals surface area contributed by atoms with Crippen molar-refractivity contribution in [2.75, 3.05) is 0 Å². The van der Waals surface area contributed by atoms with Crippen LogP contribution in [0.4, 0.5) is 0 Å². The van der Waals surface area contributed by atoms with Crippen LogP contribution in [0.1, 0.15) is 15.9 Å². The van der Waals surface area contributed by atoms with Gasteiger partial charge in [-0.1, -0.05) is 22.0 Å². The predicted molar refractivity (Wildman–Crippen MR) is 70.2 cm³/mol. The molecule has 0 saturated carbocycles. The second-order valence-electron chi connectivity index (χ2n) is 3.75. The Balaban J connectivity index is 2.20. The molecular weight excluding hydrogens is 298 g/mol. The van der Waals surface area contributed by atoms with Crippen molar-refractivity contribution in [2.24, 2.45) is 12.8 Å². The Hall–Kier alpha value is -1.82. The van der Waals surface area contributed by atoms with Crippen molar-refractivity contribution in [2.45, 2.75) is 6.61 Å². The Morgan fingerprint density at radius 3 is 2.89 bits per heavy atom. The molecule has 0 unspecified atom stereocenters. The summed E-state index contributed by atoms with van der Waals surface area (Å²) in [6.07, 6.45) is 1.78. The summed E-state index contributed by atoms with van der Waals surface area (Å²) in [5.74, 6) is 0.0274. The number of aromatic nitrogens is 2. The standard InChI is InChI=1S/C12H12BrN3O2/c1-16-6-5-11(15-16)18-7-9-8(12(14)17)3-2-4-10(9)13/h2-6H,7H2,1H3,(H2,14,17). The van der Waals surface area contributed by atoms with E-state index in [1.165, 1.54) is 0 Å². The first-order valence-electron chi connectivity index (χ1n) is 5.27. The number of primary amides is 1. The van der Waals surface area contributed by atoms with Gasteiger partial charge in [0.1, 0.15) is 6.61 Å². The van der Waals surface area contributed by atoms with Crippen molar-refractivity contribution in [3.05, 3.63) is 46.1 Å². The van der Waals surface area contributed by atoms with Gasteiger partial charge in [-0.05, 0) is 12.1 Å². The molecule has 5 nitrogen and oxygen atoms in total. The number of benzene rings is 1. The van der Waals surface area contributed by atoms with E-state index in [1.54, 1.807) is 36.1 Å². The molecule has 0 atom stereocenters. The number of ether oxygens (including phenoxy) is 1. The SMILES string of the molecule is Cn1ccc(OCc2c(Br)cccc2C(N)=O)n1. The Bertz CT molecular complexity index is 580. The molecule has 0 aliphatic heterocycles. The van der Waals surface area contributed by atoms with Crippen molar-refractivity contribution in [1.29, 1.82) is 0 Å². The van der Waals surface area contributed by atoms with Gasteiger partial charge in [0.15, 0.2) is 0 Å². The summed E-state index contributed by atoms with van der Waals surface area (Å²) in [5, 5.41) is 4.09. The molecule has 18 heavy (non-hydrogen) atoms. The molecular formula is C12H12BrN3O2. The summed E-state index contributed by atoms with van der Waals surface area (Å²) in [4.78, 5) is 11.3. The van der Waals surface area contributed by atoms with Crippen LogP contribution < -0.4 is 10.5 Å². The van der Waals surface area contributed by atoms with Gasteiger partial charge in [0.2, 0.25) is 11.8 Å². The quantitative estimate of drug-likeness (QED) is 0.937. The number of nitrogens with zero attached hydrogens (tertiary/aromatic N) is 2. The predicted octanol–water partition coefficient (Wildman–Crippen LogP) is 1.86. The molecule has 1 heterocycles. The average molecular weight is 310 g/mol. The molecule has 94 valence electrons. The molecule has 2 rings (SSSR count). The first kappa shape index (κ1) is 12.6. The van der Waals surface area contributed by atoms with E-state index in [1.807, 2.05) is 6.07 Å². The number of rotatable bonds is 4. The van der Waals surface area contributed by atoms with Crippen LogP contribution in [0.5, 0.6) is 5.88 Å². The maximum Gasteiger partial charge on any atom is 0.249 e. The van der Waals surface area contributed by atoms with Gasteiger partial charge in [-0.2, -0.15) is 0 Å². The van der Waals surface area contributed by atoms with Crippen LogP contribution >= 0.6 is 15.9 Å². The monoisotopic (exact) mass is 309 g/mol. The highest BCUT2D eigenvalue weighted by Gasteiger charge is 2.12. The van der Waals surface area contributed by atoms with Gasteiger partial charge in [0, 0.05) is 34.9 Å². The molecule has 0 aliphatic rings. The normalized spacial score (nSPS) is 10.3. The molecule has 0 saturated heterocycles. The van der Waals surface area contributed by atoms with Gasteiger partial charge in [0.25, 0.3) is 0 Å². The van der Waals surface area contributed by atoms with Crippen molar-refractivity contribution >= 4 is 21.8 Å². The fourth-order valence-corrected chi connectivity index (χ4v) is 2.03. The van der Waals surface area contributed by atoms with Gasteiger partial charge in [-0.3, -0.25) is 9.48 Å². The molecule has 1 amide bonds. The largest absolute Gasteiger partial charge is 0.472 e. The Morgan fingerprint density at radius 1 is 1.50 bits per heavy atom. The van der Waals surface area contributed by atoms with Crippen LogP contribution in [0, 0.1) is 0 Å². The molecule has 0 bridgehead atoms. The third kappa shape index (κ3) is 2.70. The first-order valence-corrected chi connectivity index (χ1v) is 6.07.